The molecule has 8 heteroatoms. The summed E-state index contributed by atoms with van der Waals surface area (Å²) >= 11 is 0. The molecule has 0 saturated carbocycles. The van der Waals surface area contributed by atoms with Crippen LogP contribution in [0.4, 0.5) is 0 Å². The normalized spacial score (nSPS) is 12.1. The summed E-state index contributed by atoms with van der Waals surface area (Å²) < 4.78 is 31.9. The van der Waals surface area contributed by atoms with Crippen LogP contribution in [0.15, 0.2) is 0 Å². The molecule has 1 atom stereocenters. The third-order valence-corrected chi connectivity index (χ3v) is 4.06. The smallest absolute Gasteiger partial charge is 0.747 e. The Morgan fingerprint density at radius 3 is 1.70 bits per heavy atom. The van der Waals surface area contributed by atoms with Crippen LogP contribution in [0.1, 0.15) is 64.7 Å². The van der Waals surface area contributed by atoms with Gasteiger partial charge in [-0.3, -0.25) is 0 Å². The molecule has 5 nitrogen and oxygen atoms in total. The molecule has 0 aromatic heterocycles. The summed E-state index contributed by atoms with van der Waals surface area (Å²) in [4.78, 5) is 10.5. The average molecular weight is 324 g/mol. The van der Waals surface area contributed by atoms with Crippen LogP contribution in [0.25, 0.3) is 0 Å². The average Bonchev–Trinajstić information content (AvgIpc) is 2.24. The molecule has 1 unspecified atom stereocenters. The Bertz CT molecular complexity index is 333. The molecule has 108 valence electrons. The second-order valence-electron chi connectivity index (χ2n) is 4.56. The Balaban J connectivity index is -0.00000144. The van der Waals surface area contributed by atoms with Gasteiger partial charge in [0, 0.05) is 0 Å². The van der Waals surface area contributed by atoms with E-state index in [1.807, 2.05) is 0 Å². The SMILES string of the molecule is CCCCCCCCCCC(C(=O)[O-])S(=O)(=O)[O-].[Na+].[Na+]. The monoisotopic (exact) mass is 324 g/mol. The number of unbranched alkanes of at least 4 members (excludes halogenated alkanes) is 7. The Hall–Kier alpha value is 1.38. The number of carboxylic acid groups (broad SMARTS) is 1. The van der Waals surface area contributed by atoms with Crippen LogP contribution >= 0.6 is 0 Å². The van der Waals surface area contributed by atoms with E-state index in [0.29, 0.717) is 6.42 Å². The number of carboxylic acids is 1. The predicted octanol–water partition coefficient (Wildman–Crippen LogP) is -4.81. The molecule has 0 aliphatic carbocycles. The predicted molar refractivity (Wildman–Crippen MR) is 65.7 cm³/mol. The second-order valence-corrected chi connectivity index (χ2v) is 6.12. The largest absolute Gasteiger partial charge is 1.00 e. The fourth-order valence-corrected chi connectivity index (χ4v) is 2.53. The topological polar surface area (TPSA) is 97.3 Å². The maximum Gasteiger partial charge on any atom is 1.00 e. The van der Waals surface area contributed by atoms with Gasteiger partial charge >= 0.3 is 59.1 Å². The van der Waals surface area contributed by atoms with Crippen molar-refractivity contribution in [1.29, 1.82) is 0 Å². The van der Waals surface area contributed by atoms with Gasteiger partial charge in [-0.2, -0.15) is 0 Å². The maximum absolute atomic E-state index is 10.6. The van der Waals surface area contributed by atoms with Gasteiger partial charge in [-0.05, 0) is 6.42 Å². The number of hydrogen-bond donors (Lipinski definition) is 0. The van der Waals surface area contributed by atoms with Gasteiger partial charge in [-0.1, -0.05) is 58.3 Å². The van der Waals surface area contributed by atoms with Crippen LogP contribution in [0, 0.1) is 0 Å². The second kappa shape index (κ2) is 15.3. The van der Waals surface area contributed by atoms with Crippen molar-refractivity contribution in [3.8, 4) is 0 Å². The number of carbonyl (C=O) groups excluding carboxylic acids is 1. The molecule has 20 heavy (non-hydrogen) atoms. The first-order chi connectivity index (χ1) is 8.39. The van der Waals surface area contributed by atoms with Crippen LogP contribution in [-0.4, -0.2) is 24.2 Å². The minimum Gasteiger partial charge on any atom is -0.747 e. The molecule has 0 fully saturated rings. The van der Waals surface area contributed by atoms with Crippen molar-refractivity contribution in [3.05, 3.63) is 0 Å². The van der Waals surface area contributed by atoms with Gasteiger partial charge in [0.15, 0.2) is 0 Å². The van der Waals surface area contributed by atoms with E-state index in [1.54, 1.807) is 0 Å². The van der Waals surface area contributed by atoms with Crippen molar-refractivity contribution in [3.63, 3.8) is 0 Å². The quantitative estimate of drug-likeness (QED) is 0.216. The van der Waals surface area contributed by atoms with Crippen LogP contribution in [0.3, 0.4) is 0 Å². The number of aliphatic carboxylic acids is 1. The van der Waals surface area contributed by atoms with Gasteiger partial charge in [0.2, 0.25) is 0 Å². The molecule has 0 aromatic rings. The van der Waals surface area contributed by atoms with Crippen molar-refractivity contribution in [2.75, 3.05) is 0 Å². The summed E-state index contributed by atoms with van der Waals surface area (Å²) in [5.74, 6) is -1.78. The standard InChI is InChI=1S/C12H24O5S.2Na/c1-2-3-4-5-6-7-8-9-10-11(12(13)14)18(15,16)17;;/h11H,2-10H2,1H3,(H,13,14)(H,15,16,17);;/q;2*+1/p-2. The fraction of sp³-hybridized carbons (Fsp3) is 0.917. The van der Waals surface area contributed by atoms with E-state index in [9.17, 15) is 22.9 Å². The van der Waals surface area contributed by atoms with Crippen LogP contribution in [0.2, 0.25) is 0 Å². The van der Waals surface area contributed by atoms with Crippen LogP contribution < -0.4 is 64.2 Å². The zero-order chi connectivity index (χ0) is 14.0. The van der Waals surface area contributed by atoms with Gasteiger partial charge in [-0.15, -0.1) is 0 Å². The van der Waals surface area contributed by atoms with E-state index in [-0.39, 0.29) is 65.5 Å². The van der Waals surface area contributed by atoms with Gasteiger partial charge < -0.3 is 14.5 Å². The molecule has 0 bridgehead atoms. The molecule has 0 spiro atoms. The van der Waals surface area contributed by atoms with Gasteiger partial charge in [0.25, 0.3) is 0 Å². The van der Waals surface area contributed by atoms with Crippen molar-refractivity contribution in [2.24, 2.45) is 0 Å². The fourth-order valence-electron chi connectivity index (χ4n) is 1.84. The molecule has 0 saturated heterocycles. The number of hydrogen-bond acceptors (Lipinski definition) is 5. The Labute approximate surface area is 166 Å². The van der Waals surface area contributed by atoms with Gasteiger partial charge in [0.05, 0.1) is 11.2 Å². The molecular weight excluding hydrogens is 302 g/mol. The molecule has 0 rings (SSSR count). The minimum absolute atomic E-state index is 0. The summed E-state index contributed by atoms with van der Waals surface area (Å²) in [7, 11) is -4.78. The van der Waals surface area contributed by atoms with Crippen LogP contribution in [0.5, 0.6) is 0 Å². The maximum atomic E-state index is 10.6. The van der Waals surface area contributed by atoms with Gasteiger partial charge in [-0.25, -0.2) is 8.42 Å². The van der Waals surface area contributed by atoms with Crippen molar-refractivity contribution >= 4 is 16.1 Å². The minimum atomic E-state index is -4.78. The summed E-state index contributed by atoms with van der Waals surface area (Å²) in [6, 6.07) is 0. The zero-order valence-corrected chi connectivity index (χ0v) is 17.7. The molecule has 0 aliphatic heterocycles. The van der Waals surface area contributed by atoms with Crippen LogP contribution in [-0.2, 0) is 14.9 Å². The first-order valence-corrected chi connectivity index (χ1v) is 8.02. The third kappa shape index (κ3) is 14.3. The summed E-state index contributed by atoms with van der Waals surface area (Å²) in [5.41, 5.74) is 0. The molecule has 0 aromatic carbocycles. The van der Waals surface area contributed by atoms with E-state index in [2.05, 4.69) is 6.92 Å². The summed E-state index contributed by atoms with van der Waals surface area (Å²) in [6.45, 7) is 2.14. The number of rotatable bonds is 11. The molecule has 0 heterocycles. The summed E-state index contributed by atoms with van der Waals surface area (Å²) in [5, 5.41) is 8.60. The Morgan fingerprint density at radius 1 is 0.950 bits per heavy atom. The molecule has 0 aliphatic rings. The van der Waals surface area contributed by atoms with E-state index in [4.69, 9.17) is 0 Å². The van der Waals surface area contributed by atoms with Crippen molar-refractivity contribution in [1.82, 2.24) is 0 Å². The van der Waals surface area contributed by atoms with E-state index < -0.39 is 21.3 Å². The molecule has 0 amide bonds. The van der Waals surface area contributed by atoms with Crippen molar-refractivity contribution < 1.29 is 82.0 Å². The Kier molecular flexibility index (Phi) is 20.1. The molecular formula is C12H22Na2O5S. The third-order valence-electron chi connectivity index (χ3n) is 2.93. The first-order valence-electron chi connectivity index (χ1n) is 6.55. The Morgan fingerprint density at radius 2 is 1.35 bits per heavy atom. The van der Waals surface area contributed by atoms with E-state index in [0.717, 1.165) is 25.7 Å². The molecule has 0 N–H and O–H groups in total. The van der Waals surface area contributed by atoms with Gasteiger partial charge in [0.1, 0.15) is 10.1 Å². The zero-order valence-electron chi connectivity index (χ0n) is 12.9. The van der Waals surface area contributed by atoms with Crippen molar-refractivity contribution in [2.45, 2.75) is 70.0 Å². The van der Waals surface area contributed by atoms with E-state index in [1.165, 1.54) is 19.3 Å². The number of carbonyl (C=O) groups is 1. The molecule has 0 radical (unpaired) electrons. The summed E-state index contributed by atoms with van der Waals surface area (Å²) in [6.07, 6.45) is 7.84. The van der Waals surface area contributed by atoms with E-state index >= 15 is 0 Å². The first kappa shape index (κ1) is 26.3.